The fourth-order valence-corrected chi connectivity index (χ4v) is 7.41. The third-order valence-corrected chi connectivity index (χ3v) is 10.1. The Hall–Kier alpha value is -1.94. The van der Waals surface area contributed by atoms with E-state index in [1.54, 1.807) is 22.4 Å². The molecule has 2 N–H and O–H groups in total. The van der Waals surface area contributed by atoms with Crippen molar-refractivity contribution in [1.82, 2.24) is 24.2 Å². The first-order valence-corrected chi connectivity index (χ1v) is 14.7. The molecular weight excluding hydrogens is 552 g/mol. The Morgan fingerprint density at radius 2 is 1.79 bits per heavy atom. The number of hydrogen-bond acceptors (Lipinski definition) is 3. The van der Waals surface area contributed by atoms with Gasteiger partial charge in [-0.25, -0.2) is 0 Å². The molecule has 3 fully saturated rings. The van der Waals surface area contributed by atoms with Gasteiger partial charge in [-0.1, -0.05) is 0 Å². The molecule has 12 heteroatoms. The highest BCUT2D eigenvalue weighted by atomic mass is 35.5. The van der Waals surface area contributed by atoms with Gasteiger partial charge in [0.2, 0.25) is 11.5 Å². The summed E-state index contributed by atoms with van der Waals surface area (Å²) in [7, 11) is 3.28. The van der Waals surface area contributed by atoms with Gasteiger partial charge in [0.15, 0.2) is 5.69 Å². The van der Waals surface area contributed by atoms with E-state index in [9.17, 15) is 18.0 Å². The highest BCUT2D eigenvalue weighted by molar-refractivity contribution is 6.30. The molecule has 7 atom stereocenters. The van der Waals surface area contributed by atoms with Gasteiger partial charge in [0, 0.05) is 62.1 Å². The first kappa shape index (κ1) is 28.6. The topological polar surface area (TPSA) is 80.6 Å². The van der Waals surface area contributed by atoms with Crippen molar-refractivity contribution in [2.24, 2.45) is 37.8 Å². The Labute approximate surface area is 236 Å². The van der Waals surface area contributed by atoms with Gasteiger partial charge >= 0.3 is 6.18 Å². The molecule has 216 valence electrons. The summed E-state index contributed by atoms with van der Waals surface area (Å²) in [6, 6.07) is 0.0224. The van der Waals surface area contributed by atoms with Crippen LogP contribution in [0.15, 0.2) is 18.6 Å². The largest absolute Gasteiger partial charge is 0.435 e. The molecule has 0 aliphatic heterocycles. The molecule has 0 spiro atoms. The molecule has 0 bridgehead atoms. The molecule has 2 aromatic rings. The van der Waals surface area contributed by atoms with Crippen molar-refractivity contribution in [1.29, 1.82) is 5.41 Å². The zero-order chi connectivity index (χ0) is 28.1. The minimum absolute atomic E-state index is 0.0224. The van der Waals surface area contributed by atoms with E-state index < -0.39 is 23.7 Å². The second kappa shape index (κ2) is 11.1. The number of carbonyl (C=O) groups excluding carboxylic acids is 1. The van der Waals surface area contributed by atoms with Crippen LogP contribution in [-0.4, -0.2) is 41.6 Å². The quantitative estimate of drug-likeness (QED) is 0.438. The van der Waals surface area contributed by atoms with Crippen LogP contribution in [0.25, 0.3) is 0 Å². The fraction of sp³-hybridized carbons (Fsp3) is 0.741. The van der Waals surface area contributed by atoms with Crippen molar-refractivity contribution in [3.05, 3.63) is 35.5 Å². The number of alkyl halides is 5. The minimum atomic E-state index is -4.57. The lowest BCUT2D eigenvalue weighted by Crippen LogP contribution is -2.48. The highest BCUT2D eigenvalue weighted by Crippen LogP contribution is 2.46. The normalized spacial score (nSPS) is 30.7. The van der Waals surface area contributed by atoms with Crippen molar-refractivity contribution in [2.45, 2.75) is 86.8 Å². The number of hydrogen-bond donors (Lipinski definition) is 2. The Morgan fingerprint density at radius 3 is 2.41 bits per heavy atom. The van der Waals surface area contributed by atoms with Crippen molar-refractivity contribution < 1.29 is 18.0 Å². The molecule has 0 saturated heterocycles. The number of aryl methyl sites for hydroxylation is 2. The maximum absolute atomic E-state index is 13.9. The van der Waals surface area contributed by atoms with E-state index in [0.717, 1.165) is 32.1 Å². The van der Waals surface area contributed by atoms with Gasteiger partial charge in [-0.05, 0) is 75.0 Å². The maximum Gasteiger partial charge on any atom is 0.435 e. The highest BCUT2D eigenvalue weighted by Gasteiger charge is 2.45. The second-order valence-corrected chi connectivity index (χ2v) is 13.1. The molecule has 0 radical (unpaired) electrons. The summed E-state index contributed by atoms with van der Waals surface area (Å²) < 4.78 is 46.4. The summed E-state index contributed by atoms with van der Waals surface area (Å²) in [6.07, 6.45) is 6.51. The van der Waals surface area contributed by atoms with Crippen LogP contribution in [0.3, 0.4) is 0 Å². The Bertz CT molecular complexity index is 1230. The number of nitrogens with zero attached hydrogens (tertiary/aromatic N) is 4. The van der Waals surface area contributed by atoms with E-state index in [2.05, 4.69) is 10.4 Å². The summed E-state index contributed by atoms with van der Waals surface area (Å²) in [5.74, 6) is -0.341. The molecule has 2 aromatic heterocycles. The summed E-state index contributed by atoms with van der Waals surface area (Å²) in [5.41, 5.74) is -0.402. The van der Waals surface area contributed by atoms with Gasteiger partial charge in [0.05, 0.1) is 5.38 Å². The monoisotopic (exact) mass is 588 g/mol. The predicted octanol–water partition coefficient (Wildman–Crippen LogP) is 5.17. The standard InChI is InChI=1S/C27H37Cl2F3N6O/c1-36-7-8-38(26(36)33)13-15-9-18(20-14-37(2)35-24(20)27(30,31)32)11-19(10-15)25(39)34-23(16-3-4-16)17-5-6-21(28)22(29)12-17/h7-8,14-19,21-23,33H,3-6,9-13H2,1-2H3,(H,34,39)/t15?,17?,18?,19?,21?,22?,23-/m0/s1. The SMILES string of the molecule is Cn1cc(C2CC(Cn3ccn(C)c3=N)CC(C(=O)N[C@@H](C3CC3)C3CCC(Cl)C(Cl)C3)C2)c(C(F)(F)F)n1. The van der Waals surface area contributed by atoms with Crippen LogP contribution in [0.2, 0.25) is 0 Å². The minimum Gasteiger partial charge on any atom is -0.353 e. The van der Waals surface area contributed by atoms with Gasteiger partial charge in [-0.15, -0.1) is 23.2 Å². The first-order valence-electron chi connectivity index (χ1n) is 13.9. The number of halogens is 5. The van der Waals surface area contributed by atoms with E-state index >= 15 is 0 Å². The van der Waals surface area contributed by atoms with Gasteiger partial charge in [-0.2, -0.15) is 18.3 Å². The fourth-order valence-electron chi connectivity index (χ4n) is 6.82. The van der Waals surface area contributed by atoms with E-state index in [1.807, 2.05) is 6.20 Å². The lowest BCUT2D eigenvalue weighted by atomic mass is 9.72. The van der Waals surface area contributed by atoms with Crippen LogP contribution in [0.5, 0.6) is 0 Å². The number of nitrogens with one attached hydrogen (secondary N) is 2. The number of amides is 1. The van der Waals surface area contributed by atoms with Crippen molar-refractivity contribution in [3.63, 3.8) is 0 Å². The zero-order valence-corrected chi connectivity index (χ0v) is 23.8. The summed E-state index contributed by atoms with van der Waals surface area (Å²) in [6.45, 7) is 0.473. The molecule has 39 heavy (non-hydrogen) atoms. The molecular formula is C27H37Cl2F3N6O. The third-order valence-electron chi connectivity index (χ3n) is 8.95. The van der Waals surface area contributed by atoms with Crippen molar-refractivity contribution in [2.75, 3.05) is 0 Å². The summed E-state index contributed by atoms with van der Waals surface area (Å²) in [4.78, 5) is 13.8. The van der Waals surface area contributed by atoms with Crippen LogP contribution in [0.1, 0.15) is 68.5 Å². The van der Waals surface area contributed by atoms with E-state index in [-0.39, 0.29) is 40.1 Å². The molecule has 2 heterocycles. The van der Waals surface area contributed by atoms with Crippen LogP contribution in [0, 0.1) is 29.1 Å². The Morgan fingerprint density at radius 1 is 1.08 bits per heavy atom. The summed E-state index contributed by atoms with van der Waals surface area (Å²) in [5, 5.41) is 15.2. The number of rotatable bonds is 7. The van der Waals surface area contributed by atoms with Gasteiger partial charge in [-0.3, -0.25) is 14.9 Å². The molecule has 5 rings (SSSR count). The molecule has 1 amide bonds. The molecule has 7 nitrogen and oxygen atoms in total. The number of imidazole rings is 1. The Balaban J connectivity index is 1.38. The maximum atomic E-state index is 13.9. The lowest BCUT2D eigenvalue weighted by Gasteiger charge is -2.38. The van der Waals surface area contributed by atoms with Crippen LogP contribution in [0.4, 0.5) is 13.2 Å². The predicted molar refractivity (Wildman–Crippen MR) is 142 cm³/mol. The van der Waals surface area contributed by atoms with Crippen LogP contribution >= 0.6 is 23.2 Å². The molecule has 3 saturated carbocycles. The summed E-state index contributed by atoms with van der Waals surface area (Å²) >= 11 is 12.9. The van der Waals surface area contributed by atoms with Crippen LogP contribution < -0.4 is 10.9 Å². The zero-order valence-electron chi connectivity index (χ0n) is 22.3. The Kier molecular flexibility index (Phi) is 8.17. The van der Waals surface area contributed by atoms with E-state index in [0.29, 0.717) is 37.3 Å². The molecule has 6 unspecified atom stereocenters. The third kappa shape index (κ3) is 6.37. The van der Waals surface area contributed by atoms with Gasteiger partial charge in [0.1, 0.15) is 0 Å². The first-order chi connectivity index (χ1) is 18.4. The number of carbonyl (C=O) groups is 1. The lowest BCUT2D eigenvalue weighted by molar-refractivity contribution is -0.142. The molecule has 3 aliphatic carbocycles. The average Bonchev–Trinajstić information content (AvgIpc) is 3.57. The van der Waals surface area contributed by atoms with Crippen molar-refractivity contribution >= 4 is 29.1 Å². The average molecular weight is 590 g/mol. The number of aromatic nitrogens is 4. The van der Waals surface area contributed by atoms with Gasteiger partial charge < -0.3 is 14.5 Å². The molecule has 3 aliphatic rings. The van der Waals surface area contributed by atoms with E-state index in [1.165, 1.54) is 17.9 Å². The molecule has 0 aromatic carbocycles. The second-order valence-electron chi connectivity index (χ2n) is 11.9. The van der Waals surface area contributed by atoms with Gasteiger partial charge in [0.25, 0.3) is 0 Å². The van der Waals surface area contributed by atoms with E-state index in [4.69, 9.17) is 28.6 Å². The van der Waals surface area contributed by atoms with Crippen molar-refractivity contribution in [3.8, 4) is 0 Å². The smallest absolute Gasteiger partial charge is 0.353 e. The van der Waals surface area contributed by atoms with Crippen LogP contribution in [-0.2, 0) is 31.6 Å².